The average molecular weight is 524 g/mol. The van der Waals surface area contributed by atoms with Gasteiger partial charge in [0.05, 0.1) is 16.1 Å². The lowest BCUT2D eigenvalue weighted by molar-refractivity contribution is -0.138. The van der Waals surface area contributed by atoms with Crippen molar-refractivity contribution in [2.24, 2.45) is 11.8 Å². The second-order valence-corrected chi connectivity index (χ2v) is 9.97. The third kappa shape index (κ3) is 6.18. The Hall–Kier alpha value is -2.65. The van der Waals surface area contributed by atoms with Crippen LogP contribution in [0.25, 0.3) is 10.9 Å². The summed E-state index contributed by atoms with van der Waals surface area (Å²) in [7, 11) is 3.91. The van der Waals surface area contributed by atoms with E-state index in [-0.39, 0.29) is 11.6 Å². The summed E-state index contributed by atoms with van der Waals surface area (Å²) in [5.74, 6) is 1.24. The fourth-order valence-corrected chi connectivity index (χ4v) is 4.96. The van der Waals surface area contributed by atoms with E-state index < -0.39 is 23.1 Å². The molecule has 1 aliphatic rings. The highest BCUT2D eigenvalue weighted by Crippen LogP contribution is 2.35. The molecule has 1 aromatic heterocycles. The number of halogens is 5. The number of anilines is 2. The van der Waals surface area contributed by atoms with Crippen molar-refractivity contribution in [1.29, 1.82) is 0 Å². The molecular weight excluding hydrogens is 494 g/mol. The van der Waals surface area contributed by atoms with Gasteiger partial charge in [-0.15, -0.1) is 0 Å². The molecule has 2 N–H and O–H groups in total. The van der Waals surface area contributed by atoms with E-state index in [1.165, 1.54) is 0 Å². The summed E-state index contributed by atoms with van der Waals surface area (Å²) in [5, 5.41) is 7.10. The van der Waals surface area contributed by atoms with E-state index in [0.717, 1.165) is 61.1 Å². The van der Waals surface area contributed by atoms with Gasteiger partial charge >= 0.3 is 6.18 Å². The molecule has 0 radical (unpaired) electrons. The van der Waals surface area contributed by atoms with Crippen LogP contribution in [0.4, 0.5) is 29.3 Å². The topological polar surface area (TPSA) is 53.1 Å². The molecule has 4 rings (SSSR count). The number of alkyl halides is 3. The molecule has 10 heteroatoms. The van der Waals surface area contributed by atoms with Crippen LogP contribution in [0.15, 0.2) is 36.4 Å². The Bertz CT molecular complexity index is 1190. The molecule has 0 atom stereocenters. The van der Waals surface area contributed by atoms with Gasteiger partial charge in [0.25, 0.3) is 0 Å². The minimum absolute atomic E-state index is 0.212. The molecule has 0 spiro atoms. The lowest BCUT2D eigenvalue weighted by Gasteiger charge is -2.29. The fourth-order valence-electron chi connectivity index (χ4n) is 4.79. The zero-order valence-corrected chi connectivity index (χ0v) is 21.1. The van der Waals surface area contributed by atoms with Crippen molar-refractivity contribution in [3.8, 4) is 0 Å². The van der Waals surface area contributed by atoms with Crippen molar-refractivity contribution >= 4 is 34.3 Å². The van der Waals surface area contributed by atoms with Crippen molar-refractivity contribution < 1.29 is 17.6 Å². The molecule has 0 bridgehead atoms. The lowest BCUT2D eigenvalue weighted by Crippen LogP contribution is -2.29. The number of para-hydroxylation sites is 1. The van der Waals surface area contributed by atoms with E-state index in [2.05, 4.69) is 20.6 Å². The molecule has 36 heavy (non-hydrogen) atoms. The third-order valence-corrected chi connectivity index (χ3v) is 7.05. The van der Waals surface area contributed by atoms with Gasteiger partial charge in [0.2, 0.25) is 5.95 Å². The van der Waals surface area contributed by atoms with Crippen molar-refractivity contribution in [3.63, 3.8) is 0 Å². The summed E-state index contributed by atoms with van der Waals surface area (Å²) in [6.45, 7) is 1.08. The van der Waals surface area contributed by atoms with Gasteiger partial charge < -0.3 is 15.5 Å². The maximum atomic E-state index is 14.3. The van der Waals surface area contributed by atoms with Crippen molar-refractivity contribution in [2.75, 3.05) is 37.4 Å². The lowest BCUT2D eigenvalue weighted by atomic mass is 9.82. The summed E-state index contributed by atoms with van der Waals surface area (Å²) in [6.07, 6.45) is -0.745. The zero-order chi connectivity index (χ0) is 25.9. The van der Waals surface area contributed by atoms with Crippen molar-refractivity contribution in [3.05, 3.63) is 58.4 Å². The molecule has 1 aliphatic carbocycles. The molecule has 0 aliphatic heterocycles. The molecule has 0 amide bonds. The second kappa shape index (κ2) is 11.2. The quantitative estimate of drug-likeness (QED) is 0.329. The van der Waals surface area contributed by atoms with E-state index >= 15 is 0 Å². The number of nitrogens with zero attached hydrogens (tertiary/aromatic N) is 3. The van der Waals surface area contributed by atoms with E-state index in [1.807, 2.05) is 43.3 Å². The number of aromatic nitrogens is 2. The highest BCUT2D eigenvalue weighted by Gasteiger charge is 2.35. The predicted molar refractivity (Wildman–Crippen MR) is 136 cm³/mol. The highest BCUT2D eigenvalue weighted by molar-refractivity contribution is 6.30. The van der Waals surface area contributed by atoms with Gasteiger partial charge in [-0.05, 0) is 68.3 Å². The molecule has 194 valence electrons. The van der Waals surface area contributed by atoms with E-state index in [4.69, 9.17) is 11.6 Å². The van der Waals surface area contributed by atoms with Crippen molar-refractivity contribution in [2.45, 2.75) is 38.4 Å². The van der Waals surface area contributed by atoms with Gasteiger partial charge in [-0.25, -0.2) is 9.37 Å². The first-order valence-electron chi connectivity index (χ1n) is 12.1. The van der Waals surface area contributed by atoms with Crippen LogP contribution in [0.2, 0.25) is 5.02 Å². The highest BCUT2D eigenvalue weighted by atomic mass is 35.5. The van der Waals surface area contributed by atoms with Gasteiger partial charge in [-0.2, -0.15) is 18.2 Å². The Morgan fingerprint density at radius 2 is 1.64 bits per heavy atom. The summed E-state index contributed by atoms with van der Waals surface area (Å²) < 4.78 is 54.1. The maximum absolute atomic E-state index is 14.3. The van der Waals surface area contributed by atoms with Crippen LogP contribution in [0.3, 0.4) is 0 Å². The standard InChI is InChI=1S/C26H30ClF4N5/c1-36(2)24-18-5-3-4-6-22(18)34-25(35-24)33-14-17-9-7-16(8-10-17)13-32-15-19-20(26(29,30)31)11-12-21(27)23(19)28/h3-6,11-12,16-17,32H,7-10,13-15H2,1-2H3,(H,33,34,35). The predicted octanol–water partition coefficient (Wildman–Crippen LogP) is 6.52. The zero-order valence-electron chi connectivity index (χ0n) is 20.3. The molecule has 1 fully saturated rings. The summed E-state index contributed by atoms with van der Waals surface area (Å²) in [5.41, 5.74) is -0.529. The normalized spacial score (nSPS) is 18.4. The number of rotatable bonds is 8. The molecule has 5 nitrogen and oxygen atoms in total. The Balaban J connectivity index is 1.27. The molecule has 3 aromatic rings. The number of hydrogen-bond donors (Lipinski definition) is 2. The van der Waals surface area contributed by atoms with Crippen LogP contribution >= 0.6 is 11.6 Å². The van der Waals surface area contributed by atoms with Crippen LogP contribution in [0.1, 0.15) is 36.8 Å². The summed E-state index contributed by atoms with van der Waals surface area (Å²) in [6, 6.07) is 9.69. The first-order valence-corrected chi connectivity index (χ1v) is 12.4. The monoisotopic (exact) mass is 523 g/mol. The summed E-state index contributed by atoms with van der Waals surface area (Å²) in [4.78, 5) is 11.3. The smallest absolute Gasteiger partial charge is 0.362 e. The maximum Gasteiger partial charge on any atom is 0.416 e. The van der Waals surface area contributed by atoms with Crippen LogP contribution in [0.5, 0.6) is 0 Å². The van der Waals surface area contributed by atoms with Gasteiger partial charge in [-0.3, -0.25) is 0 Å². The minimum atomic E-state index is -4.63. The Kier molecular flexibility index (Phi) is 8.20. The number of fused-ring (bicyclic) bond motifs is 1. The molecular formula is C26H30ClF4N5. The van der Waals surface area contributed by atoms with Gasteiger partial charge in [0.1, 0.15) is 11.6 Å². The minimum Gasteiger partial charge on any atom is -0.362 e. The van der Waals surface area contributed by atoms with E-state index in [1.54, 1.807) is 0 Å². The van der Waals surface area contributed by atoms with Crippen LogP contribution in [-0.4, -0.2) is 37.2 Å². The van der Waals surface area contributed by atoms with Gasteiger partial charge in [-0.1, -0.05) is 23.7 Å². The Morgan fingerprint density at radius 3 is 2.31 bits per heavy atom. The largest absolute Gasteiger partial charge is 0.416 e. The van der Waals surface area contributed by atoms with E-state index in [9.17, 15) is 17.6 Å². The third-order valence-electron chi connectivity index (χ3n) is 6.76. The average Bonchev–Trinajstić information content (AvgIpc) is 2.84. The van der Waals surface area contributed by atoms with Crippen LogP contribution in [-0.2, 0) is 12.7 Å². The Labute approximate surface area is 213 Å². The Morgan fingerprint density at radius 1 is 0.972 bits per heavy atom. The molecule has 0 saturated heterocycles. The molecule has 0 unspecified atom stereocenters. The van der Waals surface area contributed by atoms with Crippen LogP contribution in [0, 0.1) is 17.7 Å². The van der Waals surface area contributed by atoms with Gasteiger partial charge in [0.15, 0.2) is 0 Å². The van der Waals surface area contributed by atoms with Crippen molar-refractivity contribution in [1.82, 2.24) is 15.3 Å². The number of hydrogen-bond acceptors (Lipinski definition) is 5. The molecule has 1 heterocycles. The summed E-state index contributed by atoms with van der Waals surface area (Å²) >= 11 is 5.72. The SMILES string of the molecule is CN(C)c1nc(NCC2CCC(CNCc3c(C(F)(F)F)ccc(Cl)c3F)CC2)nc2ccccc12. The first-order chi connectivity index (χ1) is 17.1. The van der Waals surface area contributed by atoms with E-state index in [0.29, 0.717) is 24.3 Å². The number of benzene rings is 2. The molecule has 2 aromatic carbocycles. The second-order valence-electron chi connectivity index (χ2n) is 9.57. The number of nitrogens with one attached hydrogen (secondary N) is 2. The molecule has 1 saturated carbocycles. The van der Waals surface area contributed by atoms with Gasteiger partial charge in [0, 0.05) is 38.1 Å². The van der Waals surface area contributed by atoms with Crippen LogP contribution < -0.4 is 15.5 Å². The first kappa shape index (κ1) is 26.4. The fraction of sp³-hybridized carbons (Fsp3) is 0.462.